The third-order valence-corrected chi connectivity index (χ3v) is 3.87. The second-order valence-electron chi connectivity index (χ2n) is 6.23. The highest BCUT2D eigenvalue weighted by atomic mass is 79.9. The van der Waals surface area contributed by atoms with E-state index in [2.05, 4.69) is 51.6 Å². The summed E-state index contributed by atoms with van der Waals surface area (Å²) in [6, 6.07) is 5.11. The van der Waals surface area contributed by atoms with Crippen LogP contribution < -0.4 is 5.32 Å². The zero-order valence-electron chi connectivity index (χ0n) is 12.9. The molecular weight excluding hydrogens is 333 g/mol. The van der Waals surface area contributed by atoms with Crippen molar-refractivity contribution in [2.24, 2.45) is 0 Å². The monoisotopic (exact) mass is 353 g/mol. The molecule has 3 nitrogen and oxygen atoms in total. The van der Waals surface area contributed by atoms with Crippen molar-refractivity contribution in [1.82, 2.24) is 14.9 Å². The minimum atomic E-state index is -0.240. The molecule has 2 aromatic rings. The molecule has 1 heterocycles. The van der Waals surface area contributed by atoms with Gasteiger partial charge in [-0.3, -0.25) is 0 Å². The van der Waals surface area contributed by atoms with E-state index >= 15 is 0 Å². The van der Waals surface area contributed by atoms with E-state index in [0.29, 0.717) is 11.0 Å². The largest absolute Gasteiger partial charge is 0.327 e. The Labute approximate surface area is 133 Å². The fourth-order valence-electron chi connectivity index (χ4n) is 2.05. The van der Waals surface area contributed by atoms with Crippen molar-refractivity contribution in [2.45, 2.75) is 46.3 Å². The van der Waals surface area contributed by atoms with Crippen LogP contribution >= 0.6 is 15.9 Å². The first-order chi connectivity index (χ1) is 9.76. The molecule has 0 spiro atoms. The van der Waals surface area contributed by atoms with Crippen LogP contribution in [-0.4, -0.2) is 15.1 Å². The number of hydrogen-bond acceptors (Lipinski definition) is 2. The molecule has 0 fully saturated rings. The zero-order valence-corrected chi connectivity index (χ0v) is 14.5. The van der Waals surface area contributed by atoms with Crippen LogP contribution in [0.1, 0.15) is 37.9 Å². The van der Waals surface area contributed by atoms with Gasteiger partial charge in [-0.05, 0) is 61.3 Å². The summed E-state index contributed by atoms with van der Waals surface area (Å²) in [5, 5.41) is 3.47. The maximum atomic E-state index is 13.3. The van der Waals surface area contributed by atoms with Crippen LogP contribution in [0.15, 0.2) is 28.9 Å². The molecule has 0 saturated heterocycles. The zero-order chi connectivity index (χ0) is 15.6. The van der Waals surface area contributed by atoms with Crippen LogP contribution in [-0.2, 0) is 13.1 Å². The van der Waals surface area contributed by atoms with Gasteiger partial charge in [0.25, 0.3) is 0 Å². The minimum absolute atomic E-state index is 0.0574. The Kier molecular flexibility index (Phi) is 4.84. The number of aromatic nitrogens is 2. The Balaban J connectivity index is 2.19. The number of nitrogens with one attached hydrogen (secondary N) is 1. The highest BCUT2D eigenvalue weighted by Crippen LogP contribution is 2.19. The van der Waals surface area contributed by atoms with E-state index < -0.39 is 0 Å². The predicted octanol–water partition coefficient (Wildman–Crippen LogP) is 4.03. The molecule has 1 aromatic carbocycles. The molecule has 5 heteroatoms. The van der Waals surface area contributed by atoms with Crippen molar-refractivity contribution in [3.8, 4) is 0 Å². The first-order valence-electron chi connectivity index (χ1n) is 6.96. The molecule has 0 aliphatic carbocycles. The van der Waals surface area contributed by atoms with Crippen molar-refractivity contribution in [3.63, 3.8) is 0 Å². The Morgan fingerprint density at radius 3 is 2.67 bits per heavy atom. The lowest BCUT2D eigenvalue weighted by Crippen LogP contribution is -2.35. The van der Waals surface area contributed by atoms with Gasteiger partial charge in [-0.2, -0.15) is 0 Å². The second kappa shape index (κ2) is 6.28. The minimum Gasteiger partial charge on any atom is -0.327 e. The fourth-order valence-corrected chi connectivity index (χ4v) is 2.47. The van der Waals surface area contributed by atoms with Crippen molar-refractivity contribution in [2.75, 3.05) is 0 Å². The normalized spacial score (nSPS) is 11.9. The quantitative estimate of drug-likeness (QED) is 0.899. The van der Waals surface area contributed by atoms with Crippen LogP contribution in [0.5, 0.6) is 0 Å². The van der Waals surface area contributed by atoms with Crippen LogP contribution in [0.25, 0.3) is 0 Å². The Morgan fingerprint density at radius 1 is 1.33 bits per heavy atom. The lowest BCUT2D eigenvalue weighted by atomic mass is 10.1. The van der Waals surface area contributed by atoms with E-state index in [9.17, 15) is 4.39 Å². The highest BCUT2D eigenvalue weighted by molar-refractivity contribution is 9.10. The van der Waals surface area contributed by atoms with E-state index in [-0.39, 0.29) is 11.4 Å². The molecule has 0 unspecified atom stereocenters. The van der Waals surface area contributed by atoms with Gasteiger partial charge < -0.3 is 9.88 Å². The Hall–Kier alpha value is -1.20. The van der Waals surface area contributed by atoms with Crippen LogP contribution in [0.2, 0.25) is 0 Å². The van der Waals surface area contributed by atoms with Crippen molar-refractivity contribution in [1.29, 1.82) is 0 Å². The number of hydrogen-bond donors (Lipinski definition) is 1. The average molecular weight is 354 g/mol. The summed E-state index contributed by atoms with van der Waals surface area (Å²) in [6.45, 7) is 9.84. The summed E-state index contributed by atoms with van der Waals surface area (Å²) in [5.74, 6) is 0.719. The third-order valence-electron chi connectivity index (χ3n) is 3.26. The maximum absolute atomic E-state index is 13.3. The molecule has 114 valence electrons. The number of nitrogens with zero attached hydrogens (tertiary/aromatic N) is 2. The number of imidazole rings is 1. The molecule has 0 saturated carbocycles. The summed E-state index contributed by atoms with van der Waals surface area (Å²) in [4.78, 5) is 4.39. The molecule has 1 N–H and O–H groups in total. The van der Waals surface area contributed by atoms with Gasteiger partial charge in [0, 0.05) is 24.8 Å². The number of halogens is 2. The lowest BCUT2D eigenvalue weighted by Gasteiger charge is -2.21. The van der Waals surface area contributed by atoms with Gasteiger partial charge in [0.15, 0.2) is 0 Å². The summed E-state index contributed by atoms with van der Waals surface area (Å²) in [7, 11) is 0. The molecule has 21 heavy (non-hydrogen) atoms. The lowest BCUT2D eigenvalue weighted by molar-refractivity contribution is 0.416. The highest BCUT2D eigenvalue weighted by Gasteiger charge is 2.13. The smallest absolute Gasteiger partial charge is 0.137 e. The van der Waals surface area contributed by atoms with Crippen molar-refractivity contribution < 1.29 is 4.39 Å². The summed E-state index contributed by atoms with van der Waals surface area (Å²) in [5.41, 5.74) is 2.23. The predicted molar refractivity (Wildman–Crippen MR) is 86.8 cm³/mol. The van der Waals surface area contributed by atoms with E-state index in [0.717, 1.165) is 23.6 Å². The first kappa shape index (κ1) is 16.2. The molecule has 0 bridgehead atoms. The average Bonchev–Trinajstić information content (AvgIpc) is 2.72. The number of benzene rings is 1. The number of rotatable bonds is 4. The Bertz CT molecular complexity index is 629. The molecule has 0 atom stereocenters. The number of aryl methyl sites for hydroxylation is 1. The standard InChI is InChI=1S/C16H21BrFN3/c1-11-19-8-13(9-20-16(2,3)4)21(11)10-12-5-6-15(18)14(17)7-12/h5-8,20H,9-10H2,1-4H3. The molecule has 0 amide bonds. The summed E-state index contributed by atoms with van der Waals surface area (Å²) in [6.07, 6.45) is 1.90. The van der Waals surface area contributed by atoms with E-state index in [4.69, 9.17) is 0 Å². The summed E-state index contributed by atoms with van der Waals surface area (Å²) >= 11 is 3.23. The summed E-state index contributed by atoms with van der Waals surface area (Å²) < 4.78 is 16.0. The molecule has 2 rings (SSSR count). The molecule has 0 radical (unpaired) electrons. The van der Waals surface area contributed by atoms with Gasteiger partial charge in [0.2, 0.25) is 0 Å². The van der Waals surface area contributed by atoms with Crippen LogP contribution in [0, 0.1) is 12.7 Å². The Morgan fingerprint density at radius 2 is 2.05 bits per heavy atom. The first-order valence-corrected chi connectivity index (χ1v) is 7.75. The van der Waals surface area contributed by atoms with Gasteiger partial charge in [0.05, 0.1) is 10.2 Å². The third kappa shape index (κ3) is 4.38. The van der Waals surface area contributed by atoms with E-state index in [1.807, 2.05) is 19.2 Å². The van der Waals surface area contributed by atoms with E-state index in [1.165, 1.54) is 6.07 Å². The van der Waals surface area contributed by atoms with Gasteiger partial charge in [-0.15, -0.1) is 0 Å². The van der Waals surface area contributed by atoms with Crippen LogP contribution in [0.3, 0.4) is 0 Å². The molecular formula is C16H21BrFN3. The van der Waals surface area contributed by atoms with Gasteiger partial charge >= 0.3 is 0 Å². The van der Waals surface area contributed by atoms with Crippen molar-refractivity contribution >= 4 is 15.9 Å². The molecule has 0 aliphatic heterocycles. The second-order valence-corrected chi connectivity index (χ2v) is 7.09. The van der Waals surface area contributed by atoms with Crippen LogP contribution in [0.4, 0.5) is 4.39 Å². The SMILES string of the molecule is Cc1ncc(CNC(C)(C)C)n1Cc1ccc(F)c(Br)c1. The topological polar surface area (TPSA) is 29.9 Å². The van der Waals surface area contributed by atoms with Gasteiger partial charge in [0.1, 0.15) is 11.6 Å². The van der Waals surface area contributed by atoms with E-state index in [1.54, 1.807) is 6.07 Å². The maximum Gasteiger partial charge on any atom is 0.137 e. The fraction of sp³-hybridized carbons (Fsp3) is 0.438. The van der Waals surface area contributed by atoms with Gasteiger partial charge in [-0.25, -0.2) is 9.37 Å². The van der Waals surface area contributed by atoms with Gasteiger partial charge in [-0.1, -0.05) is 6.07 Å². The van der Waals surface area contributed by atoms with Crippen molar-refractivity contribution in [3.05, 3.63) is 51.8 Å². The molecule has 0 aliphatic rings. The molecule has 1 aromatic heterocycles.